The Bertz CT molecular complexity index is 425. The number of aliphatic carboxylic acids is 1. The van der Waals surface area contributed by atoms with E-state index in [2.05, 4.69) is 6.92 Å². The highest BCUT2D eigenvalue weighted by Crippen LogP contribution is 2.39. The molecule has 3 rings (SSSR count). The van der Waals surface area contributed by atoms with Gasteiger partial charge in [-0.05, 0) is 43.9 Å². The van der Waals surface area contributed by atoms with Crippen LogP contribution in [0.4, 0.5) is 0 Å². The quantitative estimate of drug-likeness (QED) is 0.846. The van der Waals surface area contributed by atoms with Crippen molar-refractivity contribution in [1.82, 2.24) is 4.90 Å². The second-order valence-corrected chi connectivity index (χ2v) is 6.84. The summed E-state index contributed by atoms with van der Waals surface area (Å²) in [5.41, 5.74) is 0. The third-order valence-corrected chi connectivity index (χ3v) is 5.59. The van der Waals surface area contributed by atoms with Crippen LogP contribution in [0.5, 0.6) is 0 Å². The second-order valence-electron chi connectivity index (χ2n) is 6.84. The molecule has 2 saturated heterocycles. The monoisotopic (exact) mass is 295 g/mol. The lowest BCUT2D eigenvalue weighted by atomic mass is 9.72. The van der Waals surface area contributed by atoms with E-state index in [1.807, 2.05) is 4.90 Å². The maximum atomic E-state index is 12.7. The second kappa shape index (κ2) is 5.95. The van der Waals surface area contributed by atoms with Gasteiger partial charge in [0.15, 0.2) is 6.10 Å². The van der Waals surface area contributed by atoms with E-state index >= 15 is 0 Å². The highest BCUT2D eigenvalue weighted by atomic mass is 16.5. The molecule has 0 radical (unpaired) electrons. The predicted molar refractivity (Wildman–Crippen MR) is 76.8 cm³/mol. The molecule has 0 bridgehead atoms. The van der Waals surface area contributed by atoms with Gasteiger partial charge in [0.25, 0.3) is 5.91 Å². The van der Waals surface area contributed by atoms with E-state index in [1.54, 1.807) is 0 Å². The maximum absolute atomic E-state index is 12.7. The first-order valence-corrected chi connectivity index (χ1v) is 8.26. The van der Waals surface area contributed by atoms with Crippen molar-refractivity contribution in [2.24, 2.45) is 11.8 Å². The van der Waals surface area contributed by atoms with Gasteiger partial charge >= 0.3 is 5.97 Å². The molecule has 0 aromatic rings. The zero-order valence-electron chi connectivity index (χ0n) is 12.7. The van der Waals surface area contributed by atoms with Gasteiger partial charge in [-0.2, -0.15) is 0 Å². The van der Waals surface area contributed by atoms with Crippen molar-refractivity contribution >= 4 is 11.9 Å². The van der Waals surface area contributed by atoms with Gasteiger partial charge in [0.2, 0.25) is 0 Å². The van der Waals surface area contributed by atoms with Crippen molar-refractivity contribution in [3.05, 3.63) is 0 Å². The average molecular weight is 295 g/mol. The number of piperidine rings is 1. The summed E-state index contributed by atoms with van der Waals surface area (Å²) in [5, 5.41) is 9.00. The number of carbonyl (C=O) groups excluding carboxylic acids is 1. The molecule has 5 heteroatoms. The number of rotatable bonds is 2. The van der Waals surface area contributed by atoms with Crippen LogP contribution in [-0.2, 0) is 14.3 Å². The van der Waals surface area contributed by atoms with E-state index in [1.165, 1.54) is 19.3 Å². The molecule has 0 aromatic carbocycles. The standard InChI is InChI=1S/C16H25NO4/c1-10-8-9-17(12-5-3-2-4-11(10)12)15(18)13-6-7-14(21-13)16(19)20/h10-14H,2-9H2,1H3,(H,19,20). The number of fused-ring (bicyclic) bond motifs is 1. The van der Waals surface area contributed by atoms with E-state index in [0.717, 1.165) is 19.4 Å². The lowest BCUT2D eigenvalue weighted by Gasteiger charge is -2.47. The molecule has 1 amide bonds. The predicted octanol–water partition coefficient (Wildman–Crippen LogP) is 2.05. The normalized spacial score (nSPS) is 39.9. The minimum atomic E-state index is -0.951. The fraction of sp³-hybridized carbons (Fsp3) is 0.875. The first-order chi connectivity index (χ1) is 10.1. The van der Waals surface area contributed by atoms with E-state index in [4.69, 9.17) is 9.84 Å². The van der Waals surface area contributed by atoms with Crippen LogP contribution in [0.1, 0.15) is 51.9 Å². The summed E-state index contributed by atoms with van der Waals surface area (Å²) in [7, 11) is 0. The third kappa shape index (κ3) is 2.80. The minimum Gasteiger partial charge on any atom is -0.479 e. The van der Waals surface area contributed by atoms with Crippen LogP contribution in [0.3, 0.4) is 0 Å². The highest BCUT2D eigenvalue weighted by molar-refractivity contribution is 5.83. The summed E-state index contributed by atoms with van der Waals surface area (Å²) in [6, 6.07) is 0.350. The van der Waals surface area contributed by atoms with E-state index in [9.17, 15) is 9.59 Å². The molecule has 5 atom stereocenters. The minimum absolute atomic E-state index is 0.0301. The Morgan fingerprint density at radius 1 is 1.05 bits per heavy atom. The zero-order valence-corrected chi connectivity index (χ0v) is 12.7. The number of likely N-dealkylation sites (tertiary alicyclic amines) is 1. The lowest BCUT2D eigenvalue weighted by molar-refractivity contribution is -0.158. The molecular formula is C16H25NO4. The van der Waals surface area contributed by atoms with E-state index < -0.39 is 18.2 Å². The van der Waals surface area contributed by atoms with Gasteiger partial charge in [-0.3, -0.25) is 4.79 Å². The highest BCUT2D eigenvalue weighted by Gasteiger charge is 2.43. The van der Waals surface area contributed by atoms with E-state index in [-0.39, 0.29) is 5.91 Å². The summed E-state index contributed by atoms with van der Waals surface area (Å²) in [6.45, 7) is 3.11. The Labute approximate surface area is 125 Å². The topological polar surface area (TPSA) is 66.8 Å². The molecule has 1 aliphatic carbocycles. The van der Waals surface area contributed by atoms with Crippen molar-refractivity contribution in [1.29, 1.82) is 0 Å². The van der Waals surface area contributed by atoms with Gasteiger partial charge in [0.05, 0.1) is 0 Å². The Kier molecular flexibility index (Phi) is 4.20. The smallest absolute Gasteiger partial charge is 0.332 e. The molecule has 5 nitrogen and oxygen atoms in total. The van der Waals surface area contributed by atoms with Crippen molar-refractivity contribution in [2.45, 2.75) is 70.1 Å². The van der Waals surface area contributed by atoms with Crippen LogP contribution in [-0.4, -0.2) is 46.7 Å². The fourth-order valence-corrected chi connectivity index (χ4v) is 4.37. The summed E-state index contributed by atoms with van der Waals surface area (Å²) in [4.78, 5) is 25.7. The molecule has 5 unspecified atom stereocenters. The fourth-order valence-electron chi connectivity index (χ4n) is 4.37. The molecule has 0 spiro atoms. The summed E-state index contributed by atoms with van der Waals surface area (Å²) < 4.78 is 5.45. The lowest BCUT2D eigenvalue weighted by Crippen LogP contribution is -2.55. The Morgan fingerprint density at radius 3 is 2.48 bits per heavy atom. The Hall–Kier alpha value is -1.10. The molecule has 3 fully saturated rings. The largest absolute Gasteiger partial charge is 0.479 e. The first-order valence-electron chi connectivity index (χ1n) is 8.26. The maximum Gasteiger partial charge on any atom is 0.332 e. The number of carbonyl (C=O) groups is 2. The SMILES string of the molecule is CC1CCN(C(=O)C2CCC(C(=O)O)O2)C2CCCCC12. The third-order valence-electron chi connectivity index (χ3n) is 5.59. The number of carboxylic acids is 1. The van der Waals surface area contributed by atoms with Gasteiger partial charge in [-0.15, -0.1) is 0 Å². The van der Waals surface area contributed by atoms with Crippen molar-refractivity contribution in [3.8, 4) is 0 Å². The van der Waals surface area contributed by atoms with Crippen LogP contribution in [0, 0.1) is 11.8 Å². The Morgan fingerprint density at radius 2 is 1.76 bits per heavy atom. The van der Waals surface area contributed by atoms with Crippen molar-refractivity contribution in [2.75, 3.05) is 6.54 Å². The summed E-state index contributed by atoms with van der Waals surface area (Å²) >= 11 is 0. The van der Waals surface area contributed by atoms with Crippen LogP contribution in [0.25, 0.3) is 0 Å². The van der Waals surface area contributed by atoms with Gasteiger partial charge in [-0.25, -0.2) is 4.79 Å². The zero-order chi connectivity index (χ0) is 15.0. The molecule has 0 aromatic heterocycles. The van der Waals surface area contributed by atoms with Crippen LogP contribution < -0.4 is 0 Å². The molecule has 21 heavy (non-hydrogen) atoms. The molecule has 1 N–H and O–H groups in total. The van der Waals surface area contributed by atoms with E-state index in [0.29, 0.717) is 30.7 Å². The molecular weight excluding hydrogens is 270 g/mol. The van der Waals surface area contributed by atoms with Crippen molar-refractivity contribution in [3.63, 3.8) is 0 Å². The average Bonchev–Trinajstić information content (AvgIpc) is 2.97. The molecule has 2 aliphatic heterocycles. The number of carboxylic acid groups (broad SMARTS) is 1. The number of hydrogen-bond donors (Lipinski definition) is 1. The van der Waals surface area contributed by atoms with Gasteiger partial charge in [0.1, 0.15) is 6.10 Å². The molecule has 1 saturated carbocycles. The van der Waals surface area contributed by atoms with Crippen LogP contribution in [0.2, 0.25) is 0 Å². The summed E-state index contributed by atoms with van der Waals surface area (Å²) in [5.74, 6) is 0.388. The first kappa shape index (κ1) is 14.8. The van der Waals surface area contributed by atoms with Crippen molar-refractivity contribution < 1.29 is 19.4 Å². The Balaban J connectivity index is 1.68. The summed E-state index contributed by atoms with van der Waals surface area (Å²) in [6.07, 6.45) is 5.49. The molecule has 118 valence electrons. The number of hydrogen-bond acceptors (Lipinski definition) is 3. The molecule has 3 aliphatic rings. The van der Waals surface area contributed by atoms with Gasteiger partial charge in [0, 0.05) is 12.6 Å². The number of amides is 1. The van der Waals surface area contributed by atoms with Crippen LogP contribution >= 0.6 is 0 Å². The van der Waals surface area contributed by atoms with Gasteiger partial charge < -0.3 is 14.7 Å². The van der Waals surface area contributed by atoms with Gasteiger partial charge in [-0.1, -0.05) is 19.8 Å². The molecule has 2 heterocycles. The number of ether oxygens (including phenoxy) is 1. The number of nitrogens with zero attached hydrogens (tertiary/aromatic N) is 1. The van der Waals surface area contributed by atoms with Crippen LogP contribution in [0.15, 0.2) is 0 Å².